The summed E-state index contributed by atoms with van der Waals surface area (Å²) < 4.78 is 5.27. The molecule has 0 aromatic carbocycles. The normalized spacial score (nSPS) is 11.8. The van der Waals surface area contributed by atoms with Crippen LogP contribution >= 0.6 is 0 Å². The number of hydrogen-bond donors (Lipinski definition) is 1. The fraction of sp³-hybridized carbons (Fsp3) is 0.231. The molecular formula is C13H13N3O. The Hall–Kier alpha value is -2.28. The van der Waals surface area contributed by atoms with Crippen LogP contribution in [0.25, 0.3) is 0 Å². The standard InChI is InChI=1S/C13H13N3O/c1-10(8-12-5-3-7-17-12)15-13-6-2-4-11(9-14)16-13/h2-7,10H,8H2,1H3,(H,15,16). The van der Waals surface area contributed by atoms with Crippen LogP contribution in [-0.4, -0.2) is 11.0 Å². The van der Waals surface area contributed by atoms with Crippen molar-refractivity contribution in [1.82, 2.24) is 4.98 Å². The predicted molar refractivity (Wildman–Crippen MR) is 64.4 cm³/mol. The first-order chi connectivity index (χ1) is 8.28. The van der Waals surface area contributed by atoms with Gasteiger partial charge in [-0.15, -0.1) is 0 Å². The lowest BCUT2D eigenvalue weighted by Crippen LogP contribution is -2.18. The number of nitriles is 1. The van der Waals surface area contributed by atoms with E-state index in [0.717, 1.165) is 12.2 Å². The molecule has 1 atom stereocenters. The van der Waals surface area contributed by atoms with Crippen LogP contribution in [0.3, 0.4) is 0 Å². The van der Waals surface area contributed by atoms with Crippen molar-refractivity contribution in [2.75, 3.05) is 5.32 Å². The molecule has 0 aliphatic carbocycles. The average molecular weight is 227 g/mol. The molecule has 0 amide bonds. The quantitative estimate of drug-likeness (QED) is 0.872. The lowest BCUT2D eigenvalue weighted by molar-refractivity contribution is 0.497. The molecule has 0 saturated heterocycles. The molecule has 0 radical (unpaired) electrons. The molecule has 0 aliphatic rings. The largest absolute Gasteiger partial charge is 0.469 e. The number of furan rings is 1. The first kappa shape index (κ1) is 11.2. The van der Waals surface area contributed by atoms with Crippen LogP contribution in [0.15, 0.2) is 41.0 Å². The zero-order valence-electron chi connectivity index (χ0n) is 9.55. The van der Waals surface area contributed by atoms with Gasteiger partial charge in [0.1, 0.15) is 23.3 Å². The Morgan fingerprint density at radius 2 is 2.29 bits per heavy atom. The molecule has 4 nitrogen and oxygen atoms in total. The summed E-state index contributed by atoms with van der Waals surface area (Å²) in [7, 11) is 0. The molecule has 2 aromatic rings. The minimum atomic E-state index is 0.197. The maximum atomic E-state index is 8.75. The van der Waals surface area contributed by atoms with Crippen molar-refractivity contribution in [3.8, 4) is 6.07 Å². The highest BCUT2D eigenvalue weighted by atomic mass is 16.3. The summed E-state index contributed by atoms with van der Waals surface area (Å²) in [6.45, 7) is 2.04. The molecule has 0 bridgehead atoms. The minimum absolute atomic E-state index is 0.197. The second-order valence-corrected chi connectivity index (χ2v) is 3.85. The van der Waals surface area contributed by atoms with Gasteiger partial charge in [0.25, 0.3) is 0 Å². The zero-order valence-corrected chi connectivity index (χ0v) is 9.55. The van der Waals surface area contributed by atoms with Crippen LogP contribution in [0, 0.1) is 11.3 Å². The second kappa shape index (κ2) is 5.17. The summed E-state index contributed by atoms with van der Waals surface area (Å²) in [5.74, 6) is 1.64. The molecule has 1 unspecified atom stereocenters. The van der Waals surface area contributed by atoms with Crippen LogP contribution in [0.5, 0.6) is 0 Å². The van der Waals surface area contributed by atoms with Gasteiger partial charge in [0.15, 0.2) is 0 Å². The predicted octanol–water partition coefficient (Wildman–Crippen LogP) is 2.59. The van der Waals surface area contributed by atoms with Crippen molar-refractivity contribution in [2.45, 2.75) is 19.4 Å². The van der Waals surface area contributed by atoms with E-state index in [2.05, 4.69) is 10.3 Å². The number of pyridine rings is 1. The zero-order chi connectivity index (χ0) is 12.1. The summed E-state index contributed by atoms with van der Waals surface area (Å²) in [4.78, 5) is 4.16. The van der Waals surface area contributed by atoms with Gasteiger partial charge in [-0.25, -0.2) is 4.98 Å². The van der Waals surface area contributed by atoms with Gasteiger partial charge in [-0.2, -0.15) is 5.26 Å². The molecule has 0 fully saturated rings. The maximum Gasteiger partial charge on any atom is 0.142 e. The Morgan fingerprint density at radius 1 is 1.41 bits per heavy atom. The number of anilines is 1. The van der Waals surface area contributed by atoms with Gasteiger partial charge < -0.3 is 9.73 Å². The van der Waals surface area contributed by atoms with Crippen molar-refractivity contribution in [3.05, 3.63) is 48.0 Å². The lowest BCUT2D eigenvalue weighted by Gasteiger charge is -2.12. The van der Waals surface area contributed by atoms with Crippen molar-refractivity contribution < 1.29 is 4.42 Å². The summed E-state index contributed by atoms with van der Waals surface area (Å²) in [5, 5.41) is 12.0. The maximum absolute atomic E-state index is 8.75. The van der Waals surface area contributed by atoms with Gasteiger partial charge in [0.2, 0.25) is 0 Å². The van der Waals surface area contributed by atoms with Gasteiger partial charge in [0.05, 0.1) is 6.26 Å². The van der Waals surface area contributed by atoms with Crippen molar-refractivity contribution in [2.24, 2.45) is 0 Å². The van der Waals surface area contributed by atoms with Crippen LogP contribution in [0.4, 0.5) is 5.82 Å². The highest BCUT2D eigenvalue weighted by molar-refractivity contribution is 5.39. The summed E-state index contributed by atoms with van der Waals surface area (Å²) >= 11 is 0. The number of nitrogens with zero attached hydrogens (tertiary/aromatic N) is 2. The number of hydrogen-bond acceptors (Lipinski definition) is 4. The molecule has 1 N–H and O–H groups in total. The number of rotatable bonds is 4. The second-order valence-electron chi connectivity index (χ2n) is 3.85. The molecule has 4 heteroatoms. The fourth-order valence-corrected chi connectivity index (χ4v) is 1.61. The topological polar surface area (TPSA) is 61.9 Å². The molecule has 0 aliphatic heterocycles. The number of aromatic nitrogens is 1. The van der Waals surface area contributed by atoms with E-state index >= 15 is 0 Å². The van der Waals surface area contributed by atoms with E-state index in [1.165, 1.54) is 0 Å². The SMILES string of the molecule is CC(Cc1ccco1)Nc1cccc(C#N)n1. The summed E-state index contributed by atoms with van der Waals surface area (Å²) in [5.41, 5.74) is 0.417. The van der Waals surface area contributed by atoms with E-state index in [4.69, 9.17) is 9.68 Å². The fourth-order valence-electron chi connectivity index (χ4n) is 1.61. The molecule has 2 heterocycles. The van der Waals surface area contributed by atoms with Crippen LogP contribution in [0.1, 0.15) is 18.4 Å². The van der Waals surface area contributed by atoms with E-state index < -0.39 is 0 Å². The third-order valence-corrected chi connectivity index (χ3v) is 2.35. The van der Waals surface area contributed by atoms with E-state index in [9.17, 15) is 0 Å². The van der Waals surface area contributed by atoms with Crippen molar-refractivity contribution >= 4 is 5.82 Å². The molecule has 17 heavy (non-hydrogen) atoms. The van der Waals surface area contributed by atoms with Crippen LogP contribution < -0.4 is 5.32 Å². The van der Waals surface area contributed by atoms with Crippen molar-refractivity contribution in [1.29, 1.82) is 5.26 Å². The molecule has 2 aromatic heterocycles. The van der Waals surface area contributed by atoms with E-state index in [1.54, 1.807) is 12.3 Å². The van der Waals surface area contributed by atoms with Crippen LogP contribution in [-0.2, 0) is 6.42 Å². The first-order valence-electron chi connectivity index (χ1n) is 5.44. The van der Waals surface area contributed by atoms with Gasteiger partial charge in [-0.3, -0.25) is 0 Å². The van der Waals surface area contributed by atoms with E-state index in [1.807, 2.05) is 37.3 Å². The van der Waals surface area contributed by atoms with Gasteiger partial charge in [-0.1, -0.05) is 6.07 Å². The number of nitrogens with one attached hydrogen (secondary N) is 1. The molecular weight excluding hydrogens is 214 g/mol. The van der Waals surface area contributed by atoms with E-state index in [0.29, 0.717) is 11.5 Å². The van der Waals surface area contributed by atoms with Gasteiger partial charge in [-0.05, 0) is 31.2 Å². The third-order valence-electron chi connectivity index (χ3n) is 2.35. The summed E-state index contributed by atoms with van der Waals surface area (Å²) in [6, 6.07) is 11.4. The van der Waals surface area contributed by atoms with Crippen molar-refractivity contribution in [3.63, 3.8) is 0 Å². The Balaban J connectivity index is 1.98. The Kier molecular flexibility index (Phi) is 3.41. The monoisotopic (exact) mass is 227 g/mol. The smallest absolute Gasteiger partial charge is 0.142 e. The Labute approximate surface area is 99.9 Å². The van der Waals surface area contributed by atoms with Gasteiger partial charge in [0, 0.05) is 12.5 Å². The molecule has 86 valence electrons. The molecule has 0 saturated carbocycles. The highest BCUT2D eigenvalue weighted by Crippen LogP contribution is 2.10. The van der Waals surface area contributed by atoms with Crippen LogP contribution in [0.2, 0.25) is 0 Å². The highest BCUT2D eigenvalue weighted by Gasteiger charge is 2.06. The Morgan fingerprint density at radius 3 is 3.00 bits per heavy atom. The first-order valence-corrected chi connectivity index (χ1v) is 5.44. The minimum Gasteiger partial charge on any atom is -0.469 e. The summed E-state index contributed by atoms with van der Waals surface area (Å²) in [6.07, 6.45) is 2.45. The van der Waals surface area contributed by atoms with E-state index in [-0.39, 0.29) is 6.04 Å². The molecule has 2 rings (SSSR count). The third kappa shape index (κ3) is 3.08. The van der Waals surface area contributed by atoms with Gasteiger partial charge >= 0.3 is 0 Å². The lowest BCUT2D eigenvalue weighted by atomic mass is 10.2. The average Bonchev–Trinajstić information content (AvgIpc) is 2.82. The Bertz CT molecular complexity index is 514. The molecule has 0 spiro atoms.